The lowest BCUT2D eigenvalue weighted by molar-refractivity contribution is -0.120. The van der Waals surface area contributed by atoms with Crippen LogP contribution in [0.1, 0.15) is 49.7 Å². The first-order chi connectivity index (χ1) is 8.97. The fraction of sp³-hybridized carbons (Fsp3) is 0.533. The van der Waals surface area contributed by atoms with E-state index in [0.717, 1.165) is 24.6 Å². The molecule has 0 bridgehead atoms. The third-order valence-electron chi connectivity index (χ3n) is 3.41. The molecule has 2 N–H and O–H groups in total. The van der Waals surface area contributed by atoms with Gasteiger partial charge in [0.15, 0.2) is 0 Å². The monoisotopic (exact) mass is 328 g/mol. The Labute approximate surface area is 122 Å². The van der Waals surface area contributed by atoms with Crippen molar-refractivity contribution in [3.05, 3.63) is 23.3 Å². The quantitative estimate of drug-likeness (QED) is 0.586. The van der Waals surface area contributed by atoms with Gasteiger partial charge < -0.3 is 10.2 Å². The maximum absolute atomic E-state index is 12.1. The van der Waals surface area contributed by atoms with Crippen LogP contribution in [0.3, 0.4) is 0 Å². The lowest BCUT2D eigenvalue weighted by atomic mass is 9.90. The molecule has 0 spiro atoms. The van der Waals surface area contributed by atoms with Gasteiger partial charge in [-0.1, -0.05) is 29.3 Å². The van der Waals surface area contributed by atoms with E-state index in [4.69, 9.17) is 0 Å². The number of ketones is 1. The third kappa shape index (κ3) is 4.53. The minimum Gasteiger partial charge on any atom is -0.508 e. The van der Waals surface area contributed by atoms with Crippen molar-refractivity contribution in [3.63, 3.8) is 0 Å². The Balaban J connectivity index is 2.71. The highest BCUT2D eigenvalue weighted by Crippen LogP contribution is 2.32. The average molecular weight is 329 g/mol. The largest absolute Gasteiger partial charge is 0.508 e. The molecule has 1 atom stereocenters. The van der Waals surface area contributed by atoms with Gasteiger partial charge in [-0.3, -0.25) is 4.79 Å². The predicted octanol–water partition coefficient (Wildman–Crippen LogP) is 4.03. The van der Waals surface area contributed by atoms with E-state index in [-0.39, 0.29) is 23.2 Å². The summed E-state index contributed by atoms with van der Waals surface area (Å²) in [7, 11) is 0. The van der Waals surface area contributed by atoms with E-state index in [9.17, 15) is 15.0 Å². The first-order valence-corrected chi connectivity index (χ1v) is 7.70. The summed E-state index contributed by atoms with van der Waals surface area (Å²) in [5.41, 5.74) is 1.38. The highest BCUT2D eigenvalue weighted by atomic mass is 79.9. The van der Waals surface area contributed by atoms with E-state index in [1.807, 2.05) is 6.92 Å². The van der Waals surface area contributed by atoms with Crippen LogP contribution < -0.4 is 0 Å². The summed E-state index contributed by atoms with van der Waals surface area (Å²) < 4.78 is 0. The van der Waals surface area contributed by atoms with Crippen molar-refractivity contribution >= 4 is 21.7 Å². The standard InChI is InChI=1S/C15H21BrO3/c1-10(14(18)6-4-3-5-7-16)13-8-12(17)9-15(19)11(13)2/h8-10,17,19H,3-7H2,1-2H3/t10-/m1/s1. The van der Waals surface area contributed by atoms with E-state index >= 15 is 0 Å². The zero-order chi connectivity index (χ0) is 14.4. The Morgan fingerprint density at radius 1 is 1.26 bits per heavy atom. The van der Waals surface area contributed by atoms with Gasteiger partial charge in [0.1, 0.15) is 17.3 Å². The molecular formula is C15H21BrO3. The van der Waals surface area contributed by atoms with Gasteiger partial charge in [-0.2, -0.15) is 0 Å². The lowest BCUT2D eigenvalue weighted by Crippen LogP contribution is -2.10. The molecule has 106 valence electrons. The number of aromatic hydroxyl groups is 2. The number of benzene rings is 1. The number of phenols is 2. The zero-order valence-electron chi connectivity index (χ0n) is 11.4. The van der Waals surface area contributed by atoms with E-state index in [1.54, 1.807) is 13.0 Å². The molecule has 1 aromatic rings. The number of alkyl halides is 1. The smallest absolute Gasteiger partial charge is 0.140 e. The molecular weight excluding hydrogens is 308 g/mol. The van der Waals surface area contributed by atoms with Crippen LogP contribution in [0.5, 0.6) is 11.5 Å². The molecule has 0 unspecified atom stereocenters. The van der Waals surface area contributed by atoms with Gasteiger partial charge in [-0.05, 0) is 37.0 Å². The molecule has 1 rings (SSSR count). The summed E-state index contributed by atoms with van der Waals surface area (Å²) in [4.78, 5) is 12.1. The van der Waals surface area contributed by atoms with Gasteiger partial charge in [0.2, 0.25) is 0 Å². The maximum atomic E-state index is 12.1. The van der Waals surface area contributed by atoms with Crippen molar-refractivity contribution in [3.8, 4) is 11.5 Å². The molecule has 0 aliphatic rings. The summed E-state index contributed by atoms with van der Waals surface area (Å²) in [6.07, 6.45) is 3.55. The van der Waals surface area contributed by atoms with Gasteiger partial charge in [0, 0.05) is 23.7 Å². The second kappa shape index (κ2) is 7.53. The highest BCUT2D eigenvalue weighted by Gasteiger charge is 2.19. The van der Waals surface area contributed by atoms with Crippen LogP contribution in [0.15, 0.2) is 12.1 Å². The van der Waals surface area contributed by atoms with Gasteiger partial charge >= 0.3 is 0 Å². The molecule has 0 aromatic heterocycles. The van der Waals surface area contributed by atoms with E-state index < -0.39 is 0 Å². The van der Waals surface area contributed by atoms with Crippen molar-refractivity contribution in [1.82, 2.24) is 0 Å². The number of Topliss-reactive ketones (excluding diaryl/α,β-unsaturated/α-hetero) is 1. The Hall–Kier alpha value is -1.03. The second-order valence-electron chi connectivity index (χ2n) is 4.87. The number of halogens is 1. The molecule has 0 saturated carbocycles. The van der Waals surface area contributed by atoms with Crippen molar-refractivity contribution in [2.75, 3.05) is 5.33 Å². The topological polar surface area (TPSA) is 57.5 Å². The molecule has 0 fully saturated rings. The van der Waals surface area contributed by atoms with E-state index in [1.165, 1.54) is 6.07 Å². The molecule has 0 heterocycles. The normalized spacial score (nSPS) is 12.4. The first kappa shape index (κ1) is 16.0. The number of unbranched alkanes of at least 4 members (excludes halogenated alkanes) is 2. The summed E-state index contributed by atoms with van der Waals surface area (Å²) in [6, 6.07) is 2.86. The lowest BCUT2D eigenvalue weighted by Gasteiger charge is -2.15. The molecule has 0 aliphatic heterocycles. The second-order valence-corrected chi connectivity index (χ2v) is 5.66. The van der Waals surface area contributed by atoms with Crippen LogP contribution in [0, 0.1) is 6.92 Å². The molecule has 19 heavy (non-hydrogen) atoms. The fourth-order valence-electron chi connectivity index (χ4n) is 2.12. The van der Waals surface area contributed by atoms with Crippen LogP contribution in [0.25, 0.3) is 0 Å². The van der Waals surface area contributed by atoms with Crippen LogP contribution in [-0.4, -0.2) is 21.3 Å². The van der Waals surface area contributed by atoms with E-state index in [0.29, 0.717) is 17.5 Å². The average Bonchev–Trinajstić information content (AvgIpc) is 2.37. The van der Waals surface area contributed by atoms with Crippen LogP contribution >= 0.6 is 15.9 Å². The molecule has 0 amide bonds. The SMILES string of the molecule is Cc1c(O)cc(O)cc1[C@@H](C)C(=O)CCCCCBr. The number of carbonyl (C=O) groups is 1. The maximum Gasteiger partial charge on any atom is 0.140 e. The summed E-state index contributed by atoms with van der Waals surface area (Å²) in [5.74, 6) is -0.101. The van der Waals surface area contributed by atoms with Crippen LogP contribution in [-0.2, 0) is 4.79 Å². The summed E-state index contributed by atoms with van der Waals surface area (Å²) >= 11 is 3.37. The molecule has 0 saturated heterocycles. The van der Waals surface area contributed by atoms with Crippen LogP contribution in [0.4, 0.5) is 0 Å². The molecule has 0 radical (unpaired) electrons. The minimum absolute atomic E-state index is 0.00274. The number of carbonyl (C=O) groups excluding carboxylic acids is 1. The summed E-state index contributed by atoms with van der Waals surface area (Å²) in [6.45, 7) is 3.59. The minimum atomic E-state index is -0.290. The van der Waals surface area contributed by atoms with E-state index in [2.05, 4.69) is 15.9 Å². The number of phenolic OH excluding ortho intramolecular Hbond substituents is 2. The highest BCUT2D eigenvalue weighted by molar-refractivity contribution is 9.09. The molecule has 4 heteroatoms. The Bertz CT molecular complexity index is 443. The summed E-state index contributed by atoms with van der Waals surface area (Å²) in [5, 5.41) is 20.2. The molecule has 3 nitrogen and oxygen atoms in total. The Kier molecular flexibility index (Phi) is 6.35. The Morgan fingerprint density at radius 2 is 1.95 bits per heavy atom. The molecule has 0 aliphatic carbocycles. The predicted molar refractivity (Wildman–Crippen MR) is 80.2 cm³/mol. The number of hydrogen-bond acceptors (Lipinski definition) is 3. The third-order valence-corrected chi connectivity index (χ3v) is 3.97. The van der Waals surface area contributed by atoms with Gasteiger partial charge in [0.25, 0.3) is 0 Å². The van der Waals surface area contributed by atoms with Gasteiger partial charge in [-0.25, -0.2) is 0 Å². The molecule has 1 aromatic carbocycles. The van der Waals surface area contributed by atoms with Gasteiger partial charge in [0.05, 0.1) is 0 Å². The number of hydrogen-bond donors (Lipinski definition) is 2. The number of rotatable bonds is 7. The Morgan fingerprint density at radius 3 is 2.58 bits per heavy atom. The van der Waals surface area contributed by atoms with Crippen molar-refractivity contribution < 1.29 is 15.0 Å². The first-order valence-electron chi connectivity index (χ1n) is 6.58. The van der Waals surface area contributed by atoms with Crippen molar-refractivity contribution in [2.45, 2.75) is 45.4 Å². The fourth-order valence-corrected chi connectivity index (χ4v) is 2.51. The van der Waals surface area contributed by atoms with Gasteiger partial charge in [-0.15, -0.1) is 0 Å². The van der Waals surface area contributed by atoms with Crippen LogP contribution in [0.2, 0.25) is 0 Å². The van der Waals surface area contributed by atoms with Crippen molar-refractivity contribution in [2.24, 2.45) is 0 Å². The van der Waals surface area contributed by atoms with Crippen molar-refractivity contribution in [1.29, 1.82) is 0 Å². The zero-order valence-corrected chi connectivity index (χ0v) is 13.0.